The summed E-state index contributed by atoms with van der Waals surface area (Å²) in [6, 6.07) is 0. The normalized spacial score (nSPS) is 10.5. The molecule has 18 nitrogen and oxygen atoms in total. The fourth-order valence-corrected chi connectivity index (χ4v) is 3.11. The van der Waals surface area contributed by atoms with E-state index in [-0.39, 0.29) is 98.2 Å². The summed E-state index contributed by atoms with van der Waals surface area (Å²) in [4.78, 5) is 73.3. The van der Waals surface area contributed by atoms with Crippen LogP contribution in [0.4, 0.5) is 14.4 Å². The number of carbonyl (C=O) groups excluding carboxylic acids is 3. The molecule has 0 fully saturated rings. The lowest BCUT2D eigenvalue weighted by Crippen LogP contribution is -2.55. The molecule has 0 unspecified atom stereocenters. The molecule has 0 radical (unpaired) electrons. The number of aliphatic hydroxyl groups excluding tert-OH is 3. The van der Waals surface area contributed by atoms with Gasteiger partial charge in [0.2, 0.25) is 0 Å². The van der Waals surface area contributed by atoms with E-state index in [0.29, 0.717) is 0 Å². The van der Waals surface area contributed by atoms with Crippen LogP contribution in [0.1, 0.15) is 19.3 Å². The maximum absolute atomic E-state index is 13.0. The SMILES string of the molecule is O=C(NCCCn1c(=O)n(CCCNC(=O)OCCO)c(=O)n(CCCNC(=O)OCCO)c1=O)OCCO. The molecule has 39 heavy (non-hydrogen) atoms. The van der Waals surface area contributed by atoms with Gasteiger partial charge in [0.05, 0.1) is 19.8 Å². The Hall–Kier alpha value is -3.90. The van der Waals surface area contributed by atoms with Crippen LogP contribution < -0.4 is 33.0 Å². The third kappa shape index (κ3) is 12.5. The molecule has 1 aromatic rings. The summed E-state index contributed by atoms with van der Waals surface area (Å²) in [5.74, 6) is 0. The molecule has 6 N–H and O–H groups in total. The average molecular weight is 565 g/mol. The summed E-state index contributed by atoms with van der Waals surface area (Å²) < 4.78 is 16.5. The van der Waals surface area contributed by atoms with Gasteiger partial charge in [-0.15, -0.1) is 0 Å². The van der Waals surface area contributed by atoms with Gasteiger partial charge in [-0.2, -0.15) is 0 Å². The predicted octanol–water partition coefficient (Wildman–Crippen LogP) is -3.50. The van der Waals surface area contributed by atoms with Gasteiger partial charge in [0, 0.05) is 39.3 Å². The molecular weight excluding hydrogens is 528 g/mol. The van der Waals surface area contributed by atoms with Crippen LogP contribution in [0.25, 0.3) is 0 Å². The molecule has 0 saturated heterocycles. The maximum Gasteiger partial charge on any atom is 0.407 e. The van der Waals surface area contributed by atoms with Crippen LogP contribution in [0, 0.1) is 0 Å². The van der Waals surface area contributed by atoms with E-state index in [1.54, 1.807) is 0 Å². The standard InChI is InChI=1S/C21H36N6O12/c28-10-13-37-16(31)22-4-1-7-25-19(34)26(8-2-5-23-17(32)38-14-11-29)21(36)27(20(25)35)9-3-6-24-18(33)39-15-12-30/h28-30H,1-15H2,(H,22,31)(H,23,32)(H,24,33). The molecular formula is C21H36N6O12. The number of aromatic nitrogens is 3. The average Bonchev–Trinajstić information content (AvgIpc) is 2.92. The molecule has 0 saturated carbocycles. The van der Waals surface area contributed by atoms with Gasteiger partial charge in [-0.1, -0.05) is 0 Å². The summed E-state index contributed by atoms with van der Waals surface area (Å²) in [5, 5.41) is 33.2. The van der Waals surface area contributed by atoms with Crippen LogP contribution in [-0.2, 0) is 33.8 Å². The molecule has 0 spiro atoms. The molecule has 0 aromatic carbocycles. The first-order valence-corrected chi connectivity index (χ1v) is 12.3. The molecule has 0 atom stereocenters. The molecule has 1 heterocycles. The lowest BCUT2D eigenvalue weighted by Gasteiger charge is -2.14. The van der Waals surface area contributed by atoms with Gasteiger partial charge in [-0.05, 0) is 19.3 Å². The van der Waals surface area contributed by atoms with Crippen molar-refractivity contribution in [3.05, 3.63) is 31.5 Å². The summed E-state index contributed by atoms with van der Waals surface area (Å²) in [7, 11) is 0. The number of aliphatic hydroxyl groups is 3. The second kappa shape index (κ2) is 19.2. The lowest BCUT2D eigenvalue weighted by molar-refractivity contribution is 0.118. The molecule has 0 aliphatic carbocycles. The van der Waals surface area contributed by atoms with E-state index in [4.69, 9.17) is 15.3 Å². The molecule has 1 rings (SSSR count). The second-order valence-electron chi connectivity index (χ2n) is 7.72. The highest BCUT2D eigenvalue weighted by molar-refractivity contribution is 5.67. The van der Waals surface area contributed by atoms with Crippen molar-refractivity contribution in [2.45, 2.75) is 38.9 Å². The summed E-state index contributed by atoms with van der Waals surface area (Å²) in [6.07, 6.45) is -1.94. The Morgan fingerprint density at radius 2 is 0.795 bits per heavy atom. The Kier molecular flexibility index (Phi) is 16.3. The first kappa shape index (κ1) is 33.1. The van der Waals surface area contributed by atoms with Crippen molar-refractivity contribution in [3.8, 4) is 0 Å². The van der Waals surface area contributed by atoms with Gasteiger partial charge in [-0.3, -0.25) is 0 Å². The van der Waals surface area contributed by atoms with E-state index in [1.807, 2.05) is 0 Å². The first-order valence-electron chi connectivity index (χ1n) is 12.3. The van der Waals surface area contributed by atoms with Gasteiger partial charge in [0.1, 0.15) is 19.8 Å². The molecule has 1 aromatic heterocycles. The number of alkyl carbamates (subject to hydrolysis) is 3. The predicted molar refractivity (Wildman–Crippen MR) is 132 cm³/mol. The van der Waals surface area contributed by atoms with E-state index in [9.17, 15) is 28.8 Å². The second-order valence-corrected chi connectivity index (χ2v) is 7.72. The zero-order valence-electron chi connectivity index (χ0n) is 21.5. The monoisotopic (exact) mass is 564 g/mol. The van der Waals surface area contributed by atoms with Crippen molar-refractivity contribution in [3.63, 3.8) is 0 Å². The fraction of sp³-hybridized carbons (Fsp3) is 0.714. The topological polar surface area (TPSA) is 242 Å². The largest absolute Gasteiger partial charge is 0.447 e. The van der Waals surface area contributed by atoms with Crippen LogP contribution in [0.5, 0.6) is 0 Å². The summed E-state index contributed by atoms with van der Waals surface area (Å²) >= 11 is 0. The first-order chi connectivity index (χ1) is 18.8. The number of amides is 3. The lowest BCUT2D eigenvalue weighted by atomic mass is 10.4. The van der Waals surface area contributed by atoms with Gasteiger partial charge in [0.15, 0.2) is 0 Å². The Morgan fingerprint density at radius 1 is 0.538 bits per heavy atom. The minimum Gasteiger partial charge on any atom is -0.447 e. The number of nitrogens with zero attached hydrogens (tertiary/aromatic N) is 3. The maximum atomic E-state index is 13.0. The Balaban J connectivity index is 2.95. The van der Waals surface area contributed by atoms with E-state index >= 15 is 0 Å². The number of hydrogen-bond acceptors (Lipinski definition) is 12. The van der Waals surface area contributed by atoms with E-state index in [0.717, 1.165) is 13.7 Å². The highest BCUT2D eigenvalue weighted by Gasteiger charge is 2.16. The fourth-order valence-electron chi connectivity index (χ4n) is 3.11. The van der Waals surface area contributed by atoms with E-state index < -0.39 is 35.3 Å². The smallest absolute Gasteiger partial charge is 0.407 e. The minimum absolute atomic E-state index is 0.0367. The van der Waals surface area contributed by atoms with E-state index in [1.165, 1.54) is 0 Å². The zero-order valence-corrected chi connectivity index (χ0v) is 21.5. The van der Waals surface area contributed by atoms with Gasteiger partial charge in [0.25, 0.3) is 0 Å². The van der Waals surface area contributed by atoms with Gasteiger partial charge >= 0.3 is 35.3 Å². The summed E-state index contributed by atoms with van der Waals surface area (Å²) in [6.45, 7) is -1.93. The van der Waals surface area contributed by atoms with Crippen molar-refractivity contribution in [1.29, 1.82) is 0 Å². The molecule has 0 aliphatic rings. The van der Waals surface area contributed by atoms with Crippen molar-refractivity contribution in [2.75, 3.05) is 59.3 Å². The Labute approximate surface area is 222 Å². The highest BCUT2D eigenvalue weighted by atomic mass is 16.6. The van der Waals surface area contributed by atoms with Crippen LogP contribution in [0.3, 0.4) is 0 Å². The third-order valence-electron chi connectivity index (χ3n) is 4.84. The molecule has 0 aliphatic heterocycles. The highest BCUT2D eigenvalue weighted by Crippen LogP contribution is 1.89. The van der Waals surface area contributed by atoms with Crippen LogP contribution in [-0.4, -0.2) is 107 Å². The third-order valence-corrected chi connectivity index (χ3v) is 4.84. The minimum atomic E-state index is -0.877. The number of nitrogens with one attached hydrogen (secondary N) is 3. The van der Waals surface area contributed by atoms with Crippen LogP contribution in [0.2, 0.25) is 0 Å². The Bertz CT molecular complexity index is 919. The van der Waals surface area contributed by atoms with Crippen molar-refractivity contribution >= 4 is 18.3 Å². The molecule has 0 bridgehead atoms. The van der Waals surface area contributed by atoms with Gasteiger partial charge < -0.3 is 45.5 Å². The number of carbonyl (C=O) groups is 3. The molecule has 18 heteroatoms. The van der Waals surface area contributed by atoms with E-state index in [2.05, 4.69) is 30.2 Å². The molecule has 222 valence electrons. The quantitative estimate of drug-likeness (QED) is 0.0751. The number of ether oxygens (including phenoxy) is 3. The van der Waals surface area contributed by atoms with Crippen LogP contribution >= 0.6 is 0 Å². The van der Waals surface area contributed by atoms with Crippen molar-refractivity contribution in [2.24, 2.45) is 0 Å². The molecule has 3 amide bonds. The van der Waals surface area contributed by atoms with Crippen LogP contribution in [0.15, 0.2) is 14.4 Å². The summed E-state index contributed by atoms with van der Waals surface area (Å²) in [5.41, 5.74) is -2.63. The van der Waals surface area contributed by atoms with Crippen molar-refractivity contribution in [1.82, 2.24) is 29.7 Å². The van der Waals surface area contributed by atoms with Gasteiger partial charge in [-0.25, -0.2) is 42.5 Å². The zero-order chi connectivity index (χ0) is 29.0. The number of rotatable bonds is 18. The Morgan fingerprint density at radius 3 is 1.03 bits per heavy atom. The number of hydrogen-bond donors (Lipinski definition) is 6. The van der Waals surface area contributed by atoms with Crippen molar-refractivity contribution < 1.29 is 43.9 Å².